The Kier molecular flexibility index (Phi) is 1.16. The molecule has 0 amide bonds. The average molecular weight is 158 g/mol. The molecule has 9 heavy (non-hydrogen) atoms. The number of hydrogen-bond acceptors (Lipinski definition) is 4. The Balaban J connectivity index is 2.49. The fraction of sp³-hybridized carbons (Fsp3) is 0.400. The van der Waals surface area contributed by atoms with Gasteiger partial charge in [0.25, 0.3) is 0 Å². The van der Waals surface area contributed by atoms with Crippen molar-refractivity contribution >= 4 is 28.1 Å². The van der Waals surface area contributed by atoms with Crippen molar-refractivity contribution in [2.45, 2.75) is 5.03 Å². The summed E-state index contributed by atoms with van der Waals surface area (Å²) in [4.78, 5) is 6.41. The number of fused-ring (bicyclic) bond motifs is 1. The van der Waals surface area contributed by atoms with Gasteiger partial charge in [0.05, 0.1) is 11.4 Å². The van der Waals surface area contributed by atoms with Crippen molar-refractivity contribution in [3.8, 4) is 0 Å². The predicted octanol–water partition coefficient (Wildman–Crippen LogP) is 1.64. The molecule has 0 atom stereocenters. The SMILES string of the molecule is CN1CSc2ncsc21. The number of hydrogen-bond donors (Lipinski definition) is 0. The highest BCUT2D eigenvalue weighted by Crippen LogP contribution is 2.39. The van der Waals surface area contributed by atoms with Crippen molar-refractivity contribution in [2.24, 2.45) is 0 Å². The Labute approximate surface area is 61.9 Å². The van der Waals surface area contributed by atoms with Crippen LogP contribution >= 0.6 is 23.1 Å². The molecule has 0 spiro atoms. The van der Waals surface area contributed by atoms with Crippen molar-refractivity contribution in [3.63, 3.8) is 0 Å². The summed E-state index contributed by atoms with van der Waals surface area (Å²) in [7, 11) is 2.09. The standard InChI is InChI=1S/C5H6N2S2/c1-7-3-9-4-5(7)8-2-6-4/h2H,3H2,1H3. The largest absolute Gasteiger partial charge is 0.355 e. The molecule has 0 N–H and O–H groups in total. The van der Waals surface area contributed by atoms with Crippen LogP contribution in [0.25, 0.3) is 0 Å². The third-order valence-electron chi connectivity index (χ3n) is 1.26. The lowest BCUT2D eigenvalue weighted by Crippen LogP contribution is -2.09. The zero-order valence-corrected chi connectivity index (χ0v) is 6.63. The molecular weight excluding hydrogens is 152 g/mol. The average Bonchev–Trinajstić information content (AvgIpc) is 2.35. The minimum Gasteiger partial charge on any atom is -0.355 e. The first-order valence-corrected chi connectivity index (χ1v) is 4.52. The first-order chi connectivity index (χ1) is 4.38. The molecule has 0 saturated heterocycles. The molecule has 4 heteroatoms. The van der Waals surface area contributed by atoms with Gasteiger partial charge in [0.15, 0.2) is 0 Å². The number of aromatic nitrogens is 1. The number of thioether (sulfide) groups is 1. The van der Waals surface area contributed by atoms with Gasteiger partial charge in [-0.05, 0) is 0 Å². The monoisotopic (exact) mass is 158 g/mol. The summed E-state index contributed by atoms with van der Waals surface area (Å²) in [5, 5.41) is 2.52. The summed E-state index contributed by atoms with van der Waals surface area (Å²) in [5.74, 6) is 1.06. The van der Waals surface area contributed by atoms with E-state index in [1.54, 1.807) is 11.3 Å². The van der Waals surface area contributed by atoms with Crippen molar-refractivity contribution in [1.29, 1.82) is 0 Å². The molecule has 1 aromatic heterocycles. The molecule has 1 aromatic rings. The lowest BCUT2D eigenvalue weighted by atomic mass is 10.7. The highest BCUT2D eigenvalue weighted by Gasteiger charge is 2.18. The Hall–Kier alpha value is -0.220. The van der Waals surface area contributed by atoms with E-state index in [0.29, 0.717) is 0 Å². The third-order valence-corrected chi connectivity index (χ3v) is 3.42. The molecule has 0 aromatic carbocycles. The molecular formula is C5H6N2S2. The van der Waals surface area contributed by atoms with Crippen molar-refractivity contribution in [3.05, 3.63) is 5.51 Å². The second-order valence-corrected chi connectivity index (χ2v) is 3.70. The first kappa shape index (κ1) is 5.56. The third kappa shape index (κ3) is 0.737. The van der Waals surface area contributed by atoms with Gasteiger partial charge in [-0.3, -0.25) is 0 Å². The molecule has 0 fully saturated rings. The molecule has 1 aliphatic rings. The lowest BCUT2D eigenvalue weighted by molar-refractivity contribution is 1.11. The van der Waals surface area contributed by atoms with Gasteiger partial charge in [0.2, 0.25) is 0 Å². The maximum atomic E-state index is 4.19. The van der Waals surface area contributed by atoms with Crippen molar-refractivity contribution in [1.82, 2.24) is 4.98 Å². The van der Waals surface area contributed by atoms with E-state index in [4.69, 9.17) is 0 Å². The fourth-order valence-corrected chi connectivity index (χ4v) is 2.78. The van der Waals surface area contributed by atoms with Crippen LogP contribution in [0.5, 0.6) is 0 Å². The van der Waals surface area contributed by atoms with Crippen molar-refractivity contribution in [2.75, 3.05) is 17.8 Å². The summed E-state index contributed by atoms with van der Waals surface area (Å²) in [6, 6.07) is 0. The quantitative estimate of drug-likeness (QED) is 0.571. The topological polar surface area (TPSA) is 16.1 Å². The second-order valence-electron chi connectivity index (χ2n) is 1.93. The normalized spacial score (nSPS) is 16.3. The fourth-order valence-electron chi connectivity index (χ4n) is 0.799. The summed E-state index contributed by atoms with van der Waals surface area (Å²) in [6.45, 7) is 0. The zero-order valence-electron chi connectivity index (χ0n) is 5.00. The first-order valence-electron chi connectivity index (χ1n) is 2.65. The number of anilines is 1. The lowest BCUT2D eigenvalue weighted by Gasteiger charge is -2.05. The van der Waals surface area contributed by atoms with Gasteiger partial charge in [0.1, 0.15) is 10.0 Å². The van der Waals surface area contributed by atoms with Crippen LogP contribution in [-0.4, -0.2) is 17.9 Å². The van der Waals surface area contributed by atoms with E-state index in [1.807, 2.05) is 17.3 Å². The summed E-state index contributed by atoms with van der Waals surface area (Å²) in [5.41, 5.74) is 1.90. The van der Waals surface area contributed by atoms with Gasteiger partial charge >= 0.3 is 0 Å². The van der Waals surface area contributed by atoms with Crippen LogP contribution in [0.3, 0.4) is 0 Å². The van der Waals surface area contributed by atoms with E-state index < -0.39 is 0 Å². The summed E-state index contributed by atoms with van der Waals surface area (Å²) >= 11 is 3.52. The highest BCUT2D eigenvalue weighted by molar-refractivity contribution is 8.00. The van der Waals surface area contributed by atoms with Crippen LogP contribution in [0, 0.1) is 0 Å². The molecule has 0 aliphatic carbocycles. The molecule has 0 bridgehead atoms. The van der Waals surface area contributed by atoms with Gasteiger partial charge in [0, 0.05) is 7.05 Å². The highest BCUT2D eigenvalue weighted by atomic mass is 32.2. The van der Waals surface area contributed by atoms with Crippen LogP contribution in [-0.2, 0) is 0 Å². The van der Waals surface area contributed by atoms with Gasteiger partial charge < -0.3 is 4.90 Å². The van der Waals surface area contributed by atoms with Gasteiger partial charge in [-0.25, -0.2) is 4.98 Å². The van der Waals surface area contributed by atoms with E-state index in [0.717, 1.165) is 5.88 Å². The van der Waals surface area contributed by atoms with E-state index in [-0.39, 0.29) is 0 Å². The van der Waals surface area contributed by atoms with Crippen LogP contribution < -0.4 is 4.90 Å². The smallest absolute Gasteiger partial charge is 0.133 e. The minimum atomic E-state index is 1.06. The Morgan fingerprint density at radius 2 is 2.67 bits per heavy atom. The number of thiazole rings is 1. The molecule has 0 unspecified atom stereocenters. The van der Waals surface area contributed by atoms with E-state index >= 15 is 0 Å². The molecule has 2 nitrogen and oxygen atoms in total. The molecule has 2 heterocycles. The van der Waals surface area contributed by atoms with Crippen LogP contribution in [0.2, 0.25) is 0 Å². The predicted molar refractivity (Wildman–Crippen MR) is 41.2 cm³/mol. The zero-order chi connectivity index (χ0) is 6.27. The summed E-state index contributed by atoms with van der Waals surface area (Å²) in [6.07, 6.45) is 0. The number of nitrogens with zero attached hydrogens (tertiary/aromatic N) is 2. The molecule has 48 valence electrons. The summed E-state index contributed by atoms with van der Waals surface area (Å²) < 4.78 is 0. The van der Waals surface area contributed by atoms with Crippen LogP contribution in [0.15, 0.2) is 10.5 Å². The van der Waals surface area contributed by atoms with Crippen LogP contribution in [0.1, 0.15) is 0 Å². The van der Waals surface area contributed by atoms with Gasteiger partial charge in [-0.1, -0.05) is 11.8 Å². The minimum absolute atomic E-state index is 1.06. The maximum Gasteiger partial charge on any atom is 0.133 e. The Morgan fingerprint density at radius 1 is 1.78 bits per heavy atom. The van der Waals surface area contributed by atoms with Crippen molar-refractivity contribution < 1.29 is 0 Å². The van der Waals surface area contributed by atoms with E-state index in [2.05, 4.69) is 16.9 Å². The molecule has 1 aliphatic heterocycles. The number of rotatable bonds is 0. The van der Waals surface area contributed by atoms with Gasteiger partial charge in [-0.2, -0.15) is 0 Å². The second kappa shape index (κ2) is 1.88. The Bertz CT molecular complexity index is 220. The molecule has 0 radical (unpaired) electrons. The van der Waals surface area contributed by atoms with E-state index in [9.17, 15) is 0 Å². The van der Waals surface area contributed by atoms with E-state index in [1.165, 1.54) is 10.0 Å². The molecule has 2 rings (SSSR count). The van der Waals surface area contributed by atoms with Crippen LogP contribution in [0.4, 0.5) is 5.00 Å². The maximum absolute atomic E-state index is 4.19. The Morgan fingerprint density at radius 3 is 3.44 bits per heavy atom. The van der Waals surface area contributed by atoms with Gasteiger partial charge in [-0.15, -0.1) is 11.3 Å². The molecule has 0 saturated carbocycles.